The standard InChI is InChI=1S/C11H10F2O2/c12-11(13)10(14)7-1-3-8(4-2-7)15-9-5-6-9/h1-4,9,11H,5-6H2. The van der Waals surface area contributed by atoms with E-state index in [9.17, 15) is 13.6 Å². The van der Waals surface area contributed by atoms with Crippen LogP contribution in [0.5, 0.6) is 5.75 Å². The summed E-state index contributed by atoms with van der Waals surface area (Å²) >= 11 is 0. The Morgan fingerprint density at radius 3 is 2.33 bits per heavy atom. The fourth-order valence-corrected chi connectivity index (χ4v) is 1.20. The second-order valence-corrected chi connectivity index (χ2v) is 3.51. The Balaban J connectivity index is 2.05. The van der Waals surface area contributed by atoms with Crippen molar-refractivity contribution < 1.29 is 18.3 Å². The van der Waals surface area contributed by atoms with Gasteiger partial charge in [-0.25, -0.2) is 8.78 Å². The SMILES string of the molecule is O=C(c1ccc(OC2CC2)cc1)C(F)F. The van der Waals surface area contributed by atoms with Crippen molar-refractivity contribution in [2.75, 3.05) is 0 Å². The lowest BCUT2D eigenvalue weighted by molar-refractivity contribution is 0.0678. The van der Waals surface area contributed by atoms with Crippen LogP contribution in [0.15, 0.2) is 24.3 Å². The molecule has 0 aliphatic heterocycles. The first-order chi connectivity index (χ1) is 7.16. The van der Waals surface area contributed by atoms with Crippen molar-refractivity contribution in [3.05, 3.63) is 29.8 Å². The van der Waals surface area contributed by atoms with Gasteiger partial charge in [0.25, 0.3) is 0 Å². The Bertz CT molecular complexity index is 355. The summed E-state index contributed by atoms with van der Waals surface area (Å²) in [6.07, 6.45) is -0.600. The van der Waals surface area contributed by atoms with Gasteiger partial charge in [0.05, 0.1) is 6.10 Å². The highest BCUT2D eigenvalue weighted by Crippen LogP contribution is 2.26. The van der Waals surface area contributed by atoms with Crippen molar-refractivity contribution in [2.45, 2.75) is 25.4 Å². The van der Waals surface area contributed by atoms with Gasteiger partial charge in [0, 0.05) is 5.56 Å². The number of Topliss-reactive ketones (excluding diaryl/α,β-unsaturated/α-hetero) is 1. The number of ketones is 1. The molecule has 0 amide bonds. The summed E-state index contributed by atoms with van der Waals surface area (Å²) < 4.78 is 29.5. The van der Waals surface area contributed by atoms with Crippen LogP contribution in [0.2, 0.25) is 0 Å². The van der Waals surface area contributed by atoms with Gasteiger partial charge in [-0.2, -0.15) is 0 Å². The van der Waals surface area contributed by atoms with Crippen molar-refractivity contribution in [1.29, 1.82) is 0 Å². The average Bonchev–Trinajstić information content (AvgIpc) is 3.02. The molecule has 0 spiro atoms. The number of alkyl halides is 2. The van der Waals surface area contributed by atoms with E-state index in [1.54, 1.807) is 12.1 Å². The average molecular weight is 212 g/mol. The van der Waals surface area contributed by atoms with Gasteiger partial charge < -0.3 is 4.74 Å². The molecule has 1 fully saturated rings. The lowest BCUT2D eigenvalue weighted by Gasteiger charge is -2.04. The van der Waals surface area contributed by atoms with Gasteiger partial charge in [-0.1, -0.05) is 0 Å². The summed E-state index contributed by atoms with van der Waals surface area (Å²) in [7, 11) is 0. The molecule has 2 nitrogen and oxygen atoms in total. The highest BCUT2D eigenvalue weighted by Gasteiger charge is 2.23. The molecule has 1 aliphatic carbocycles. The summed E-state index contributed by atoms with van der Waals surface area (Å²) in [5.74, 6) is -0.517. The van der Waals surface area contributed by atoms with E-state index in [2.05, 4.69) is 0 Å². The van der Waals surface area contributed by atoms with Gasteiger partial charge >= 0.3 is 6.43 Å². The number of halogens is 2. The van der Waals surface area contributed by atoms with Gasteiger partial charge in [0.1, 0.15) is 5.75 Å². The minimum atomic E-state index is -2.94. The van der Waals surface area contributed by atoms with Crippen LogP contribution in [-0.2, 0) is 0 Å². The summed E-state index contributed by atoms with van der Waals surface area (Å²) in [4.78, 5) is 10.9. The molecule has 1 aliphatic rings. The Kier molecular flexibility index (Phi) is 2.66. The third-order valence-electron chi connectivity index (χ3n) is 2.16. The van der Waals surface area contributed by atoms with Crippen LogP contribution in [0.4, 0.5) is 8.78 Å². The third kappa shape index (κ3) is 2.52. The number of carbonyl (C=O) groups is 1. The van der Waals surface area contributed by atoms with Crippen LogP contribution in [0.25, 0.3) is 0 Å². The number of carbonyl (C=O) groups excluding carboxylic acids is 1. The Hall–Kier alpha value is -1.45. The fraction of sp³-hybridized carbons (Fsp3) is 0.364. The molecule has 0 saturated heterocycles. The minimum Gasteiger partial charge on any atom is -0.490 e. The molecule has 0 N–H and O–H groups in total. The van der Waals surface area contributed by atoms with E-state index < -0.39 is 12.2 Å². The molecule has 0 heterocycles. The highest BCUT2D eigenvalue weighted by atomic mass is 19.3. The topological polar surface area (TPSA) is 26.3 Å². The second-order valence-electron chi connectivity index (χ2n) is 3.51. The molecule has 80 valence electrons. The van der Waals surface area contributed by atoms with E-state index in [4.69, 9.17) is 4.74 Å². The van der Waals surface area contributed by atoms with Crippen LogP contribution in [0, 0.1) is 0 Å². The molecule has 0 unspecified atom stereocenters. The molecule has 1 aromatic carbocycles. The van der Waals surface area contributed by atoms with E-state index in [0.29, 0.717) is 5.75 Å². The first kappa shape index (κ1) is 10.1. The zero-order chi connectivity index (χ0) is 10.8. The minimum absolute atomic E-state index is 0.0214. The zero-order valence-electron chi connectivity index (χ0n) is 7.95. The van der Waals surface area contributed by atoms with Crippen molar-refractivity contribution in [1.82, 2.24) is 0 Å². The first-order valence-corrected chi connectivity index (χ1v) is 4.76. The summed E-state index contributed by atoms with van der Waals surface area (Å²) in [6, 6.07) is 5.83. The van der Waals surface area contributed by atoms with E-state index >= 15 is 0 Å². The van der Waals surface area contributed by atoms with E-state index in [0.717, 1.165) is 12.8 Å². The monoisotopic (exact) mass is 212 g/mol. The van der Waals surface area contributed by atoms with Gasteiger partial charge in [-0.15, -0.1) is 0 Å². The van der Waals surface area contributed by atoms with Crippen molar-refractivity contribution in [2.24, 2.45) is 0 Å². The van der Waals surface area contributed by atoms with Crippen LogP contribution < -0.4 is 4.74 Å². The molecular weight excluding hydrogens is 202 g/mol. The van der Waals surface area contributed by atoms with Gasteiger partial charge in [-0.05, 0) is 37.1 Å². The molecular formula is C11H10F2O2. The molecule has 0 aromatic heterocycles. The number of ether oxygens (including phenoxy) is 1. The molecule has 0 radical (unpaired) electrons. The normalized spacial score (nSPS) is 15.4. The quantitative estimate of drug-likeness (QED) is 0.717. The molecule has 1 saturated carbocycles. The number of hydrogen-bond acceptors (Lipinski definition) is 2. The van der Waals surface area contributed by atoms with Crippen LogP contribution in [0.3, 0.4) is 0 Å². The largest absolute Gasteiger partial charge is 0.490 e. The number of hydrogen-bond donors (Lipinski definition) is 0. The maximum absolute atomic E-state index is 12.1. The van der Waals surface area contributed by atoms with E-state index in [-0.39, 0.29) is 11.7 Å². The van der Waals surface area contributed by atoms with Gasteiger partial charge in [0.2, 0.25) is 5.78 Å². The van der Waals surface area contributed by atoms with Crippen molar-refractivity contribution in [3.8, 4) is 5.75 Å². The number of benzene rings is 1. The van der Waals surface area contributed by atoms with Gasteiger partial charge in [-0.3, -0.25) is 4.79 Å². The highest BCUT2D eigenvalue weighted by molar-refractivity contribution is 5.98. The van der Waals surface area contributed by atoms with Crippen LogP contribution in [-0.4, -0.2) is 18.3 Å². The van der Waals surface area contributed by atoms with E-state index in [1.165, 1.54) is 12.1 Å². The van der Waals surface area contributed by atoms with Crippen molar-refractivity contribution >= 4 is 5.78 Å². The summed E-state index contributed by atoms with van der Waals surface area (Å²) in [6.45, 7) is 0. The maximum atomic E-state index is 12.1. The molecule has 1 aromatic rings. The predicted molar refractivity (Wildman–Crippen MR) is 50.4 cm³/mol. The molecule has 0 bridgehead atoms. The fourth-order valence-electron chi connectivity index (χ4n) is 1.20. The summed E-state index contributed by atoms with van der Waals surface area (Å²) in [5, 5.41) is 0. The Labute approximate surface area is 85.9 Å². The lowest BCUT2D eigenvalue weighted by Crippen LogP contribution is -2.09. The van der Waals surface area contributed by atoms with Crippen molar-refractivity contribution in [3.63, 3.8) is 0 Å². The second kappa shape index (κ2) is 3.96. The third-order valence-corrected chi connectivity index (χ3v) is 2.16. The number of rotatable bonds is 4. The predicted octanol–water partition coefficient (Wildman–Crippen LogP) is 2.68. The molecule has 0 atom stereocenters. The van der Waals surface area contributed by atoms with Crippen LogP contribution in [0.1, 0.15) is 23.2 Å². The zero-order valence-corrected chi connectivity index (χ0v) is 7.95. The molecule has 4 heteroatoms. The van der Waals surface area contributed by atoms with E-state index in [1.807, 2.05) is 0 Å². The smallest absolute Gasteiger partial charge is 0.300 e. The maximum Gasteiger partial charge on any atom is 0.300 e. The molecule has 15 heavy (non-hydrogen) atoms. The first-order valence-electron chi connectivity index (χ1n) is 4.76. The molecule has 2 rings (SSSR count). The Morgan fingerprint density at radius 1 is 1.27 bits per heavy atom. The van der Waals surface area contributed by atoms with Crippen LogP contribution >= 0.6 is 0 Å². The summed E-state index contributed by atoms with van der Waals surface area (Å²) in [5.41, 5.74) is 0.0214. The lowest BCUT2D eigenvalue weighted by atomic mass is 10.1. The Morgan fingerprint density at radius 2 is 1.87 bits per heavy atom. The van der Waals surface area contributed by atoms with Gasteiger partial charge in [0.15, 0.2) is 0 Å².